The summed E-state index contributed by atoms with van der Waals surface area (Å²) in [6.07, 6.45) is 3.26. The number of rotatable bonds is 3. The maximum atomic E-state index is 13.7. The number of aryl methyl sites for hydroxylation is 1. The summed E-state index contributed by atoms with van der Waals surface area (Å²) in [5, 5.41) is 4.22. The third-order valence-electron chi connectivity index (χ3n) is 3.28. The number of hydrogen-bond acceptors (Lipinski definition) is 2. The summed E-state index contributed by atoms with van der Waals surface area (Å²) in [7, 11) is 0. The van der Waals surface area contributed by atoms with Crippen molar-refractivity contribution in [3.63, 3.8) is 0 Å². The first-order chi connectivity index (χ1) is 10.5. The van der Waals surface area contributed by atoms with Crippen LogP contribution < -0.4 is 5.56 Å². The number of pyridine rings is 1. The fourth-order valence-electron chi connectivity index (χ4n) is 2.16. The highest BCUT2D eigenvalue weighted by atomic mass is 19.1. The van der Waals surface area contributed by atoms with Gasteiger partial charge in [-0.3, -0.25) is 4.79 Å². The van der Waals surface area contributed by atoms with Crippen LogP contribution in [0.3, 0.4) is 0 Å². The molecule has 0 spiro atoms. The molecule has 0 N–H and O–H groups in total. The molecule has 0 bridgehead atoms. The summed E-state index contributed by atoms with van der Waals surface area (Å²) in [6.45, 7) is 2.13. The highest BCUT2D eigenvalue weighted by Gasteiger charge is 2.08. The van der Waals surface area contributed by atoms with Crippen molar-refractivity contribution in [2.45, 2.75) is 13.5 Å². The van der Waals surface area contributed by atoms with Crippen molar-refractivity contribution in [3.05, 3.63) is 82.0 Å². The summed E-state index contributed by atoms with van der Waals surface area (Å²) < 4.78 is 29.5. The van der Waals surface area contributed by atoms with Gasteiger partial charge in [-0.05, 0) is 36.8 Å². The first-order valence-electron chi connectivity index (χ1n) is 6.70. The van der Waals surface area contributed by atoms with Crippen LogP contribution in [0, 0.1) is 18.6 Å². The Balaban J connectivity index is 1.89. The van der Waals surface area contributed by atoms with Crippen LogP contribution in [0.5, 0.6) is 0 Å². The van der Waals surface area contributed by atoms with E-state index in [0.29, 0.717) is 5.69 Å². The van der Waals surface area contributed by atoms with Gasteiger partial charge in [0.2, 0.25) is 0 Å². The van der Waals surface area contributed by atoms with Gasteiger partial charge < -0.3 is 4.57 Å². The van der Waals surface area contributed by atoms with Crippen LogP contribution in [0.25, 0.3) is 5.69 Å². The van der Waals surface area contributed by atoms with Crippen LogP contribution in [0.2, 0.25) is 0 Å². The molecular formula is C16H13F2N3O. The van der Waals surface area contributed by atoms with E-state index < -0.39 is 11.6 Å². The Morgan fingerprint density at radius 3 is 2.64 bits per heavy atom. The topological polar surface area (TPSA) is 39.8 Å². The predicted octanol–water partition coefficient (Wildman–Crippen LogP) is 2.67. The van der Waals surface area contributed by atoms with Crippen molar-refractivity contribution >= 4 is 0 Å². The van der Waals surface area contributed by atoms with E-state index in [1.807, 2.05) is 13.0 Å². The third-order valence-corrected chi connectivity index (χ3v) is 3.28. The standard InChI is InChI=1S/C16H13F2N3O/c1-11-4-6-20(16(22)8-11)10-13-5-7-21(19-13)15-3-2-12(17)9-14(15)18/h2-9H,10H2,1H3. The molecule has 2 aromatic heterocycles. The minimum absolute atomic E-state index is 0.123. The van der Waals surface area contributed by atoms with Gasteiger partial charge in [0.1, 0.15) is 11.5 Å². The molecular weight excluding hydrogens is 288 g/mol. The molecule has 0 saturated carbocycles. The van der Waals surface area contributed by atoms with Crippen molar-refractivity contribution in [1.29, 1.82) is 0 Å². The average molecular weight is 301 g/mol. The lowest BCUT2D eigenvalue weighted by Gasteiger charge is -2.04. The lowest BCUT2D eigenvalue weighted by Crippen LogP contribution is -2.19. The van der Waals surface area contributed by atoms with Crippen LogP contribution >= 0.6 is 0 Å². The second kappa shape index (κ2) is 5.55. The van der Waals surface area contributed by atoms with Crippen molar-refractivity contribution in [2.24, 2.45) is 0 Å². The number of hydrogen-bond donors (Lipinski definition) is 0. The Morgan fingerprint density at radius 2 is 1.91 bits per heavy atom. The molecule has 0 fully saturated rings. The molecule has 0 aliphatic heterocycles. The Hall–Kier alpha value is -2.76. The van der Waals surface area contributed by atoms with Crippen LogP contribution in [0.1, 0.15) is 11.3 Å². The van der Waals surface area contributed by atoms with Crippen LogP contribution in [-0.4, -0.2) is 14.3 Å². The van der Waals surface area contributed by atoms with E-state index in [0.717, 1.165) is 11.6 Å². The molecule has 6 heteroatoms. The van der Waals surface area contributed by atoms with E-state index in [4.69, 9.17) is 0 Å². The highest BCUT2D eigenvalue weighted by Crippen LogP contribution is 2.14. The Morgan fingerprint density at radius 1 is 1.09 bits per heavy atom. The molecule has 4 nitrogen and oxygen atoms in total. The van der Waals surface area contributed by atoms with E-state index in [2.05, 4.69) is 5.10 Å². The van der Waals surface area contributed by atoms with Gasteiger partial charge >= 0.3 is 0 Å². The Labute approximate surface area is 125 Å². The summed E-state index contributed by atoms with van der Waals surface area (Å²) in [6, 6.07) is 8.36. The van der Waals surface area contributed by atoms with Gasteiger partial charge in [0.25, 0.3) is 5.56 Å². The van der Waals surface area contributed by atoms with E-state index >= 15 is 0 Å². The maximum absolute atomic E-state index is 13.7. The van der Waals surface area contributed by atoms with Gasteiger partial charge in [-0.2, -0.15) is 5.10 Å². The van der Waals surface area contributed by atoms with Gasteiger partial charge in [-0.1, -0.05) is 0 Å². The smallest absolute Gasteiger partial charge is 0.251 e. The molecule has 2 heterocycles. The zero-order valence-corrected chi connectivity index (χ0v) is 11.8. The van der Waals surface area contributed by atoms with E-state index in [9.17, 15) is 13.6 Å². The first-order valence-corrected chi connectivity index (χ1v) is 6.70. The third kappa shape index (κ3) is 2.81. The summed E-state index contributed by atoms with van der Waals surface area (Å²) in [5.41, 5.74) is 1.53. The molecule has 112 valence electrons. The number of benzene rings is 1. The van der Waals surface area contributed by atoms with E-state index in [1.165, 1.54) is 27.4 Å². The molecule has 3 aromatic rings. The second-order valence-corrected chi connectivity index (χ2v) is 5.02. The van der Waals surface area contributed by atoms with Gasteiger partial charge in [-0.25, -0.2) is 13.5 Å². The van der Waals surface area contributed by atoms with Gasteiger partial charge in [0.05, 0.1) is 12.2 Å². The molecule has 0 radical (unpaired) electrons. The van der Waals surface area contributed by atoms with E-state index in [-0.39, 0.29) is 17.8 Å². The quantitative estimate of drug-likeness (QED) is 0.746. The summed E-state index contributed by atoms with van der Waals surface area (Å²) in [4.78, 5) is 11.8. The van der Waals surface area contributed by atoms with Crippen molar-refractivity contribution in [2.75, 3.05) is 0 Å². The molecule has 0 aliphatic rings. The van der Waals surface area contributed by atoms with Gasteiger partial charge in [0.15, 0.2) is 5.82 Å². The Bertz CT molecular complexity index is 883. The molecule has 22 heavy (non-hydrogen) atoms. The van der Waals surface area contributed by atoms with Gasteiger partial charge in [-0.15, -0.1) is 0 Å². The second-order valence-electron chi connectivity index (χ2n) is 5.02. The largest absolute Gasteiger partial charge is 0.309 e. The average Bonchev–Trinajstić information content (AvgIpc) is 2.90. The zero-order chi connectivity index (χ0) is 15.7. The van der Waals surface area contributed by atoms with Crippen molar-refractivity contribution < 1.29 is 8.78 Å². The molecule has 3 rings (SSSR count). The molecule has 0 amide bonds. The van der Waals surface area contributed by atoms with E-state index in [1.54, 1.807) is 18.5 Å². The van der Waals surface area contributed by atoms with Crippen LogP contribution in [-0.2, 0) is 6.54 Å². The molecule has 0 unspecified atom stereocenters. The monoisotopic (exact) mass is 301 g/mol. The number of halogens is 2. The SMILES string of the molecule is Cc1ccn(Cc2ccn(-c3ccc(F)cc3F)n2)c(=O)c1. The molecule has 1 aromatic carbocycles. The van der Waals surface area contributed by atoms with Crippen molar-refractivity contribution in [3.8, 4) is 5.69 Å². The summed E-state index contributed by atoms with van der Waals surface area (Å²) in [5.74, 6) is -1.33. The molecule has 0 saturated heterocycles. The maximum Gasteiger partial charge on any atom is 0.251 e. The molecule has 0 atom stereocenters. The zero-order valence-electron chi connectivity index (χ0n) is 11.8. The van der Waals surface area contributed by atoms with Crippen molar-refractivity contribution in [1.82, 2.24) is 14.3 Å². The molecule has 0 aliphatic carbocycles. The lowest BCUT2D eigenvalue weighted by molar-refractivity contribution is 0.572. The Kier molecular flexibility index (Phi) is 3.58. The number of nitrogens with zero attached hydrogens (tertiary/aromatic N) is 3. The normalized spacial score (nSPS) is 10.9. The highest BCUT2D eigenvalue weighted by molar-refractivity contribution is 5.33. The fraction of sp³-hybridized carbons (Fsp3) is 0.125. The lowest BCUT2D eigenvalue weighted by atomic mass is 10.3. The number of aromatic nitrogens is 3. The first kappa shape index (κ1) is 14.2. The predicted molar refractivity (Wildman–Crippen MR) is 78.0 cm³/mol. The van der Waals surface area contributed by atoms with Crippen LogP contribution in [0.15, 0.2) is 53.6 Å². The van der Waals surface area contributed by atoms with Crippen LogP contribution in [0.4, 0.5) is 8.78 Å². The minimum Gasteiger partial charge on any atom is -0.309 e. The summed E-state index contributed by atoms with van der Waals surface area (Å²) >= 11 is 0. The minimum atomic E-state index is -0.692. The van der Waals surface area contributed by atoms with Gasteiger partial charge in [0, 0.05) is 24.5 Å². The fourth-order valence-corrected chi connectivity index (χ4v) is 2.16.